The van der Waals surface area contributed by atoms with Crippen molar-refractivity contribution in [1.29, 1.82) is 5.26 Å². The highest BCUT2D eigenvalue weighted by Crippen LogP contribution is 2.31. The predicted molar refractivity (Wildman–Crippen MR) is 79.1 cm³/mol. The Morgan fingerprint density at radius 3 is 2.67 bits per heavy atom. The largest absolute Gasteiger partial charge is 0.351 e. The van der Waals surface area contributed by atoms with Gasteiger partial charge in [0.25, 0.3) is 0 Å². The summed E-state index contributed by atoms with van der Waals surface area (Å²) in [7, 11) is 3.80. The third-order valence-corrected chi connectivity index (χ3v) is 4.16. The van der Waals surface area contributed by atoms with Crippen LogP contribution in [0.15, 0.2) is 12.3 Å². The number of rotatable bonds is 4. The normalized spacial score (nSPS) is 21.6. The van der Waals surface area contributed by atoms with Gasteiger partial charge in [-0.05, 0) is 32.7 Å². The van der Waals surface area contributed by atoms with E-state index < -0.39 is 4.92 Å². The smallest absolute Gasteiger partial charge is 0.312 e. The SMILES string of the molecule is CNC1CCC(N(C)c2ncc(C#N)cc2[N+](=O)[O-])CC1. The molecule has 7 heteroatoms. The Morgan fingerprint density at radius 2 is 2.14 bits per heavy atom. The first-order chi connectivity index (χ1) is 10.1. The third kappa shape index (κ3) is 3.28. The van der Waals surface area contributed by atoms with Crippen LogP contribution < -0.4 is 10.2 Å². The van der Waals surface area contributed by atoms with E-state index in [2.05, 4.69) is 10.3 Å². The van der Waals surface area contributed by atoms with Crippen molar-refractivity contribution in [2.24, 2.45) is 0 Å². The van der Waals surface area contributed by atoms with Crippen LogP contribution in [0.25, 0.3) is 0 Å². The standard InChI is InChI=1S/C14H19N5O2/c1-16-11-3-5-12(6-4-11)18(2)14-13(19(20)21)7-10(8-15)9-17-14/h7,9,11-12,16H,3-6H2,1-2H3. The Morgan fingerprint density at radius 1 is 1.48 bits per heavy atom. The predicted octanol–water partition coefficient (Wildman–Crippen LogP) is 1.83. The fourth-order valence-electron chi connectivity index (χ4n) is 2.84. The van der Waals surface area contributed by atoms with Crippen LogP contribution in [0.1, 0.15) is 31.2 Å². The monoisotopic (exact) mass is 289 g/mol. The Balaban J connectivity index is 2.21. The van der Waals surface area contributed by atoms with Crippen LogP contribution in [0, 0.1) is 21.4 Å². The van der Waals surface area contributed by atoms with Gasteiger partial charge in [0.15, 0.2) is 0 Å². The Hall–Kier alpha value is -2.20. The molecule has 1 saturated carbocycles. The van der Waals surface area contributed by atoms with E-state index in [4.69, 9.17) is 5.26 Å². The van der Waals surface area contributed by atoms with E-state index in [1.165, 1.54) is 12.3 Å². The van der Waals surface area contributed by atoms with Gasteiger partial charge in [0, 0.05) is 31.4 Å². The summed E-state index contributed by atoms with van der Waals surface area (Å²) in [5.74, 6) is 0.340. The molecule has 112 valence electrons. The molecule has 1 aliphatic rings. The molecule has 0 spiro atoms. The van der Waals surface area contributed by atoms with Crippen molar-refractivity contribution in [3.63, 3.8) is 0 Å². The molecule has 2 rings (SSSR count). The van der Waals surface area contributed by atoms with Gasteiger partial charge in [-0.25, -0.2) is 4.98 Å². The summed E-state index contributed by atoms with van der Waals surface area (Å²) in [6.07, 6.45) is 5.44. The lowest BCUT2D eigenvalue weighted by Gasteiger charge is -2.34. The van der Waals surface area contributed by atoms with Gasteiger partial charge >= 0.3 is 5.69 Å². The van der Waals surface area contributed by atoms with Gasteiger partial charge in [-0.15, -0.1) is 0 Å². The van der Waals surface area contributed by atoms with Crippen molar-refractivity contribution < 1.29 is 4.92 Å². The highest BCUT2D eigenvalue weighted by Gasteiger charge is 2.28. The molecule has 1 aliphatic carbocycles. The highest BCUT2D eigenvalue weighted by molar-refractivity contribution is 5.60. The van der Waals surface area contributed by atoms with Crippen LogP contribution >= 0.6 is 0 Å². The van der Waals surface area contributed by atoms with Crippen molar-refractivity contribution >= 4 is 11.5 Å². The minimum absolute atomic E-state index is 0.104. The highest BCUT2D eigenvalue weighted by atomic mass is 16.6. The molecule has 1 aromatic heterocycles. The molecular formula is C14H19N5O2. The number of nitrogens with one attached hydrogen (secondary N) is 1. The van der Waals surface area contributed by atoms with E-state index in [0.717, 1.165) is 25.7 Å². The summed E-state index contributed by atoms with van der Waals surface area (Å²) in [6, 6.07) is 3.95. The fraction of sp³-hybridized carbons (Fsp3) is 0.571. The first-order valence-corrected chi connectivity index (χ1v) is 7.01. The molecule has 1 aromatic rings. The van der Waals surface area contributed by atoms with Crippen LogP contribution in [0.2, 0.25) is 0 Å². The van der Waals surface area contributed by atoms with Gasteiger partial charge in [0.05, 0.1) is 10.5 Å². The van der Waals surface area contributed by atoms with Gasteiger partial charge in [-0.3, -0.25) is 10.1 Å². The van der Waals surface area contributed by atoms with Crippen molar-refractivity contribution in [2.75, 3.05) is 19.0 Å². The van der Waals surface area contributed by atoms with E-state index >= 15 is 0 Å². The van der Waals surface area contributed by atoms with Crippen molar-refractivity contribution in [2.45, 2.75) is 37.8 Å². The van der Waals surface area contributed by atoms with Gasteiger partial charge in [-0.1, -0.05) is 0 Å². The van der Waals surface area contributed by atoms with E-state index in [0.29, 0.717) is 11.9 Å². The summed E-state index contributed by atoms with van der Waals surface area (Å²) in [5.41, 5.74) is 0.102. The zero-order valence-electron chi connectivity index (χ0n) is 12.2. The molecule has 1 fully saturated rings. The Kier molecular flexibility index (Phi) is 4.70. The number of anilines is 1. The second-order valence-electron chi connectivity index (χ2n) is 5.34. The Bertz CT molecular complexity index is 561. The second kappa shape index (κ2) is 6.50. The molecule has 0 radical (unpaired) electrons. The quantitative estimate of drug-likeness (QED) is 0.671. The molecule has 0 amide bonds. The molecule has 0 atom stereocenters. The van der Waals surface area contributed by atoms with Crippen LogP contribution in [0.3, 0.4) is 0 Å². The van der Waals surface area contributed by atoms with Gasteiger partial charge < -0.3 is 10.2 Å². The van der Waals surface area contributed by atoms with Gasteiger partial charge in [0.2, 0.25) is 5.82 Å². The molecule has 0 saturated heterocycles. The maximum atomic E-state index is 11.2. The molecule has 21 heavy (non-hydrogen) atoms. The number of hydrogen-bond acceptors (Lipinski definition) is 6. The molecule has 7 nitrogen and oxygen atoms in total. The minimum atomic E-state index is -0.473. The number of pyridine rings is 1. The van der Waals surface area contributed by atoms with E-state index in [1.54, 1.807) is 0 Å². The fourth-order valence-corrected chi connectivity index (χ4v) is 2.84. The third-order valence-electron chi connectivity index (χ3n) is 4.16. The molecule has 1 N–H and O–H groups in total. The van der Waals surface area contributed by atoms with Gasteiger partial charge in [-0.2, -0.15) is 5.26 Å². The van der Waals surface area contributed by atoms with Crippen molar-refractivity contribution in [1.82, 2.24) is 10.3 Å². The first kappa shape index (κ1) is 15.2. The molecule has 1 heterocycles. The molecule has 0 unspecified atom stereocenters. The molecular weight excluding hydrogens is 270 g/mol. The average molecular weight is 289 g/mol. The van der Waals surface area contributed by atoms with E-state index in [9.17, 15) is 10.1 Å². The summed E-state index contributed by atoms with van der Waals surface area (Å²) in [6.45, 7) is 0. The number of nitrogens with zero attached hydrogens (tertiary/aromatic N) is 4. The first-order valence-electron chi connectivity index (χ1n) is 7.01. The number of hydrogen-bond donors (Lipinski definition) is 1. The number of nitro groups is 1. The van der Waals surface area contributed by atoms with Gasteiger partial charge in [0.1, 0.15) is 6.07 Å². The van der Waals surface area contributed by atoms with E-state index in [1.807, 2.05) is 25.1 Å². The molecule has 0 bridgehead atoms. The maximum Gasteiger partial charge on any atom is 0.312 e. The zero-order chi connectivity index (χ0) is 15.4. The maximum absolute atomic E-state index is 11.2. The van der Waals surface area contributed by atoms with Crippen LogP contribution in [0.5, 0.6) is 0 Å². The lowest BCUT2D eigenvalue weighted by Crippen LogP contribution is -2.40. The zero-order valence-corrected chi connectivity index (χ0v) is 12.2. The topological polar surface area (TPSA) is 95.1 Å². The van der Waals surface area contributed by atoms with Crippen molar-refractivity contribution in [3.05, 3.63) is 27.9 Å². The average Bonchev–Trinajstić information content (AvgIpc) is 2.53. The van der Waals surface area contributed by atoms with Crippen LogP contribution in [-0.4, -0.2) is 36.1 Å². The summed E-state index contributed by atoms with van der Waals surface area (Å²) in [4.78, 5) is 16.7. The second-order valence-corrected chi connectivity index (χ2v) is 5.34. The number of nitriles is 1. The van der Waals surface area contributed by atoms with E-state index in [-0.39, 0.29) is 17.3 Å². The lowest BCUT2D eigenvalue weighted by molar-refractivity contribution is -0.384. The van der Waals surface area contributed by atoms with Crippen molar-refractivity contribution in [3.8, 4) is 6.07 Å². The lowest BCUT2D eigenvalue weighted by atomic mass is 9.90. The summed E-state index contributed by atoms with van der Waals surface area (Å²) in [5, 5.41) is 23.3. The summed E-state index contributed by atoms with van der Waals surface area (Å²) < 4.78 is 0. The molecule has 0 aliphatic heterocycles. The summed E-state index contributed by atoms with van der Waals surface area (Å²) >= 11 is 0. The van der Waals surface area contributed by atoms with Crippen LogP contribution in [-0.2, 0) is 0 Å². The minimum Gasteiger partial charge on any atom is -0.351 e. The molecule has 0 aromatic carbocycles. The number of aromatic nitrogens is 1. The Labute approximate surface area is 123 Å². The van der Waals surface area contributed by atoms with Crippen LogP contribution in [0.4, 0.5) is 11.5 Å².